The van der Waals surface area contributed by atoms with Gasteiger partial charge >= 0.3 is 0 Å². The minimum Gasteiger partial charge on any atom is -0.371 e. The molecule has 0 aromatic carbocycles. The molecule has 2 fully saturated rings. The summed E-state index contributed by atoms with van der Waals surface area (Å²) in [5.41, 5.74) is 1.49. The van der Waals surface area contributed by atoms with Crippen LogP contribution in [-0.4, -0.2) is 39.7 Å². The second-order valence-electron chi connectivity index (χ2n) is 6.31. The molecule has 112 valence electrons. The van der Waals surface area contributed by atoms with Crippen LogP contribution in [0.3, 0.4) is 0 Å². The summed E-state index contributed by atoms with van der Waals surface area (Å²) in [6.45, 7) is 4.14. The number of hydrogen-bond acceptors (Lipinski definition) is 4. The van der Waals surface area contributed by atoms with Gasteiger partial charge in [0.05, 0.1) is 24.6 Å². The number of aromatic nitrogens is 2. The van der Waals surface area contributed by atoms with Crippen LogP contribution < -0.4 is 0 Å². The molecule has 5 heteroatoms. The van der Waals surface area contributed by atoms with Gasteiger partial charge in [-0.1, -0.05) is 0 Å². The SMILES string of the molecule is c1cn([C@H]2CO[C@@]3(CCCN(Cc4ccsc4)C3)C2)cn1. The molecule has 0 amide bonds. The van der Waals surface area contributed by atoms with E-state index in [0.717, 1.165) is 26.1 Å². The van der Waals surface area contributed by atoms with Crippen molar-refractivity contribution >= 4 is 11.3 Å². The third kappa shape index (κ3) is 2.78. The van der Waals surface area contributed by atoms with Gasteiger partial charge in [-0.05, 0) is 41.8 Å². The summed E-state index contributed by atoms with van der Waals surface area (Å²) in [4.78, 5) is 6.72. The van der Waals surface area contributed by atoms with E-state index in [4.69, 9.17) is 4.74 Å². The number of thiophene rings is 1. The third-order valence-electron chi connectivity index (χ3n) is 4.74. The van der Waals surface area contributed by atoms with Crippen LogP contribution in [0.25, 0.3) is 0 Å². The third-order valence-corrected chi connectivity index (χ3v) is 5.47. The number of likely N-dealkylation sites (tertiary alicyclic amines) is 1. The van der Waals surface area contributed by atoms with Gasteiger partial charge in [-0.2, -0.15) is 11.3 Å². The van der Waals surface area contributed by atoms with Gasteiger partial charge in [-0.25, -0.2) is 4.98 Å². The van der Waals surface area contributed by atoms with E-state index in [-0.39, 0.29) is 5.60 Å². The smallest absolute Gasteiger partial charge is 0.0949 e. The highest BCUT2D eigenvalue weighted by molar-refractivity contribution is 7.07. The molecule has 2 aromatic heterocycles. The molecule has 0 saturated carbocycles. The second-order valence-corrected chi connectivity index (χ2v) is 7.09. The molecule has 2 aliphatic rings. The van der Waals surface area contributed by atoms with E-state index in [2.05, 4.69) is 37.5 Å². The Labute approximate surface area is 129 Å². The standard InChI is InChI=1S/C16H21N3OS/c1-3-16(8-15(10-20-16)19-6-4-17-13-19)12-18(5-1)9-14-2-7-21-11-14/h2,4,6-7,11,13,15H,1,3,5,8-10,12H2/t15-,16+/m1/s1. The molecule has 0 bridgehead atoms. The van der Waals surface area contributed by atoms with Gasteiger partial charge in [0.1, 0.15) is 0 Å². The highest BCUT2D eigenvalue weighted by atomic mass is 32.1. The summed E-state index contributed by atoms with van der Waals surface area (Å²) < 4.78 is 8.48. The predicted octanol–water partition coefficient (Wildman–Crippen LogP) is 2.94. The van der Waals surface area contributed by atoms with Crippen molar-refractivity contribution in [2.45, 2.75) is 37.5 Å². The van der Waals surface area contributed by atoms with Crippen LogP contribution in [-0.2, 0) is 11.3 Å². The van der Waals surface area contributed by atoms with E-state index in [9.17, 15) is 0 Å². The first-order valence-corrected chi connectivity index (χ1v) is 8.62. The lowest BCUT2D eigenvalue weighted by Gasteiger charge is -2.39. The first kappa shape index (κ1) is 13.5. The molecule has 2 aliphatic heterocycles. The molecule has 4 heterocycles. The first-order chi connectivity index (χ1) is 10.3. The molecular weight excluding hydrogens is 282 g/mol. The maximum atomic E-state index is 6.28. The maximum Gasteiger partial charge on any atom is 0.0949 e. The number of hydrogen-bond donors (Lipinski definition) is 0. The Morgan fingerprint density at radius 1 is 1.48 bits per heavy atom. The van der Waals surface area contributed by atoms with Crippen molar-refractivity contribution in [3.8, 4) is 0 Å². The fourth-order valence-electron chi connectivity index (χ4n) is 3.75. The Morgan fingerprint density at radius 3 is 3.29 bits per heavy atom. The quantitative estimate of drug-likeness (QED) is 0.873. The van der Waals surface area contributed by atoms with Gasteiger partial charge in [0.25, 0.3) is 0 Å². The Bertz CT molecular complexity index is 568. The van der Waals surface area contributed by atoms with Crippen molar-refractivity contribution in [3.05, 3.63) is 41.1 Å². The molecule has 0 radical (unpaired) electrons. The van der Waals surface area contributed by atoms with E-state index in [1.165, 1.54) is 24.9 Å². The molecule has 2 saturated heterocycles. The van der Waals surface area contributed by atoms with Gasteiger partial charge < -0.3 is 9.30 Å². The van der Waals surface area contributed by atoms with Crippen LogP contribution >= 0.6 is 11.3 Å². The number of imidazole rings is 1. The summed E-state index contributed by atoms with van der Waals surface area (Å²) in [6, 6.07) is 2.68. The zero-order chi connectivity index (χ0) is 14.1. The molecule has 0 aliphatic carbocycles. The molecule has 1 spiro atoms. The highest BCUT2D eigenvalue weighted by Crippen LogP contribution is 2.39. The lowest BCUT2D eigenvalue weighted by Crippen LogP contribution is -2.47. The number of rotatable bonds is 3. The lowest BCUT2D eigenvalue weighted by molar-refractivity contribution is -0.0534. The number of piperidine rings is 1. The van der Waals surface area contributed by atoms with Crippen LogP contribution in [0.2, 0.25) is 0 Å². The van der Waals surface area contributed by atoms with E-state index < -0.39 is 0 Å². The summed E-state index contributed by atoms with van der Waals surface area (Å²) in [5, 5.41) is 4.42. The lowest BCUT2D eigenvalue weighted by atomic mass is 9.88. The van der Waals surface area contributed by atoms with E-state index in [1.807, 2.05) is 12.5 Å². The van der Waals surface area contributed by atoms with Crippen LogP contribution in [0, 0.1) is 0 Å². The van der Waals surface area contributed by atoms with Gasteiger partial charge in [0, 0.05) is 31.9 Å². The Balaban J connectivity index is 1.43. The van der Waals surface area contributed by atoms with Crippen LogP contribution in [0.1, 0.15) is 30.9 Å². The predicted molar refractivity (Wildman–Crippen MR) is 83.4 cm³/mol. The van der Waals surface area contributed by atoms with Crippen LogP contribution in [0.15, 0.2) is 35.5 Å². The Morgan fingerprint density at radius 2 is 2.48 bits per heavy atom. The van der Waals surface area contributed by atoms with Gasteiger partial charge in [-0.3, -0.25) is 4.90 Å². The zero-order valence-electron chi connectivity index (χ0n) is 12.1. The molecule has 2 aromatic rings. The summed E-state index contributed by atoms with van der Waals surface area (Å²) in [7, 11) is 0. The van der Waals surface area contributed by atoms with Gasteiger partial charge in [0.2, 0.25) is 0 Å². The van der Waals surface area contributed by atoms with Gasteiger partial charge in [-0.15, -0.1) is 0 Å². The number of ether oxygens (including phenoxy) is 1. The Kier molecular flexibility index (Phi) is 3.57. The van der Waals surface area contributed by atoms with Gasteiger partial charge in [0.15, 0.2) is 0 Å². The normalized spacial score (nSPS) is 30.2. The van der Waals surface area contributed by atoms with E-state index in [0.29, 0.717) is 6.04 Å². The van der Waals surface area contributed by atoms with Crippen molar-refractivity contribution in [3.63, 3.8) is 0 Å². The van der Waals surface area contributed by atoms with Crippen molar-refractivity contribution in [1.29, 1.82) is 0 Å². The summed E-state index contributed by atoms with van der Waals surface area (Å²) in [6.07, 6.45) is 9.37. The monoisotopic (exact) mass is 303 g/mol. The van der Waals surface area contributed by atoms with Crippen molar-refractivity contribution in [2.24, 2.45) is 0 Å². The summed E-state index contributed by atoms with van der Waals surface area (Å²) >= 11 is 1.78. The molecule has 21 heavy (non-hydrogen) atoms. The van der Waals surface area contributed by atoms with E-state index >= 15 is 0 Å². The van der Waals surface area contributed by atoms with Crippen molar-refractivity contribution in [1.82, 2.24) is 14.5 Å². The number of nitrogens with zero attached hydrogens (tertiary/aromatic N) is 3. The molecule has 0 N–H and O–H groups in total. The van der Waals surface area contributed by atoms with E-state index in [1.54, 1.807) is 11.3 Å². The van der Waals surface area contributed by atoms with Crippen LogP contribution in [0.5, 0.6) is 0 Å². The molecule has 0 unspecified atom stereocenters. The fraction of sp³-hybridized carbons (Fsp3) is 0.562. The molecule has 4 nitrogen and oxygen atoms in total. The molecule has 2 atom stereocenters. The van der Waals surface area contributed by atoms with Crippen molar-refractivity contribution in [2.75, 3.05) is 19.7 Å². The fourth-order valence-corrected chi connectivity index (χ4v) is 4.41. The van der Waals surface area contributed by atoms with Crippen LogP contribution in [0.4, 0.5) is 0 Å². The minimum atomic E-state index is 0.0587. The first-order valence-electron chi connectivity index (χ1n) is 7.68. The minimum absolute atomic E-state index is 0.0587. The largest absolute Gasteiger partial charge is 0.371 e. The molecular formula is C16H21N3OS. The summed E-state index contributed by atoms with van der Waals surface area (Å²) in [5.74, 6) is 0. The zero-order valence-corrected chi connectivity index (χ0v) is 13.0. The Hall–Kier alpha value is -1.17. The van der Waals surface area contributed by atoms with Crippen molar-refractivity contribution < 1.29 is 4.74 Å². The topological polar surface area (TPSA) is 30.3 Å². The highest BCUT2D eigenvalue weighted by Gasteiger charge is 2.43. The average molecular weight is 303 g/mol. The maximum absolute atomic E-state index is 6.28. The molecule has 4 rings (SSSR count). The second kappa shape index (κ2) is 5.55. The average Bonchev–Trinajstić information content (AvgIpc) is 3.20.